The van der Waals surface area contributed by atoms with Gasteiger partial charge in [0.05, 0.1) is 29.7 Å². The molecule has 0 spiro atoms. The summed E-state index contributed by atoms with van der Waals surface area (Å²) < 4.78 is 21.7. The van der Waals surface area contributed by atoms with E-state index in [-0.39, 0.29) is 5.82 Å². The van der Waals surface area contributed by atoms with E-state index in [1.54, 1.807) is 50.6 Å². The predicted octanol–water partition coefficient (Wildman–Crippen LogP) is 3.48. The highest BCUT2D eigenvalue weighted by Gasteiger charge is 2.19. The first-order valence-corrected chi connectivity index (χ1v) is 9.44. The zero-order valence-electron chi connectivity index (χ0n) is 17.3. The molecule has 0 aliphatic carbocycles. The second kappa shape index (κ2) is 10.9. The normalized spacial score (nSPS) is 10.5. The standard InChI is InChI=1S/C22H22N4O5/c1-4-16-6-5-7-17(12-16)26(25-27)22-18-13-20(30-10-8-28-2)21(31-11-9-29-3)14-19(18)23-15-24-22/h1,5-7,12-15H,8-11H2,2-3H3. The van der Waals surface area contributed by atoms with Gasteiger partial charge in [-0.3, -0.25) is 0 Å². The molecule has 0 radical (unpaired) electrons. The summed E-state index contributed by atoms with van der Waals surface area (Å²) in [5.74, 6) is 3.78. The molecule has 1 heterocycles. The molecule has 3 rings (SSSR count). The van der Waals surface area contributed by atoms with Gasteiger partial charge in [-0.05, 0) is 24.3 Å². The molecule has 1 aromatic heterocycles. The molecule has 2 aromatic carbocycles. The van der Waals surface area contributed by atoms with E-state index in [4.69, 9.17) is 25.4 Å². The van der Waals surface area contributed by atoms with Crippen LogP contribution in [0.2, 0.25) is 0 Å². The van der Waals surface area contributed by atoms with E-state index >= 15 is 0 Å². The topological polar surface area (TPSA) is 95.4 Å². The quantitative estimate of drug-likeness (QED) is 0.201. The molecule has 0 atom stereocenters. The number of benzene rings is 2. The Morgan fingerprint density at radius 3 is 2.35 bits per heavy atom. The number of nitroso groups, excluding NO2 is 1. The highest BCUT2D eigenvalue weighted by Crippen LogP contribution is 2.37. The lowest BCUT2D eigenvalue weighted by Gasteiger charge is -2.18. The highest BCUT2D eigenvalue weighted by molar-refractivity contribution is 5.93. The molecule has 0 fully saturated rings. The maximum atomic E-state index is 11.8. The molecule has 0 aliphatic heterocycles. The van der Waals surface area contributed by atoms with Crippen LogP contribution in [0.1, 0.15) is 5.56 Å². The van der Waals surface area contributed by atoms with Crippen molar-refractivity contribution in [2.75, 3.05) is 45.7 Å². The Balaban J connectivity index is 2.07. The fourth-order valence-corrected chi connectivity index (χ4v) is 2.85. The van der Waals surface area contributed by atoms with E-state index in [0.717, 1.165) is 5.01 Å². The van der Waals surface area contributed by atoms with Crippen LogP contribution < -0.4 is 14.5 Å². The number of hydrogen-bond acceptors (Lipinski definition) is 8. The van der Waals surface area contributed by atoms with Crippen LogP contribution in [0.15, 0.2) is 48.0 Å². The Morgan fingerprint density at radius 1 is 1.00 bits per heavy atom. The summed E-state index contributed by atoms with van der Waals surface area (Å²) in [6, 6.07) is 10.3. The highest BCUT2D eigenvalue weighted by atomic mass is 16.5. The van der Waals surface area contributed by atoms with Gasteiger partial charge >= 0.3 is 0 Å². The summed E-state index contributed by atoms with van der Waals surface area (Å²) in [4.78, 5) is 20.4. The Hall–Kier alpha value is -3.74. The summed E-state index contributed by atoms with van der Waals surface area (Å²) in [5, 5.41) is 4.88. The first-order valence-electron chi connectivity index (χ1n) is 9.44. The second-order valence-electron chi connectivity index (χ2n) is 6.28. The monoisotopic (exact) mass is 422 g/mol. The number of aromatic nitrogens is 2. The number of fused-ring (bicyclic) bond motifs is 1. The van der Waals surface area contributed by atoms with Gasteiger partial charge in [0, 0.05) is 31.2 Å². The third-order valence-electron chi connectivity index (χ3n) is 4.31. The number of hydrogen-bond donors (Lipinski definition) is 0. The molecule has 0 saturated carbocycles. The molecule has 0 N–H and O–H groups in total. The smallest absolute Gasteiger partial charge is 0.168 e. The lowest BCUT2D eigenvalue weighted by atomic mass is 10.1. The Morgan fingerprint density at radius 2 is 1.71 bits per heavy atom. The van der Waals surface area contributed by atoms with Crippen molar-refractivity contribution in [3.63, 3.8) is 0 Å². The number of ether oxygens (including phenoxy) is 4. The average Bonchev–Trinajstić information content (AvgIpc) is 2.80. The van der Waals surface area contributed by atoms with E-state index in [1.807, 2.05) is 0 Å². The van der Waals surface area contributed by atoms with Crippen molar-refractivity contribution < 1.29 is 18.9 Å². The van der Waals surface area contributed by atoms with Crippen molar-refractivity contribution >= 4 is 22.4 Å². The predicted molar refractivity (Wildman–Crippen MR) is 117 cm³/mol. The van der Waals surface area contributed by atoms with Gasteiger partial charge in [-0.1, -0.05) is 12.0 Å². The van der Waals surface area contributed by atoms with E-state index in [9.17, 15) is 4.91 Å². The van der Waals surface area contributed by atoms with Gasteiger partial charge in [-0.2, -0.15) is 5.01 Å². The lowest BCUT2D eigenvalue weighted by molar-refractivity contribution is 0.132. The van der Waals surface area contributed by atoms with Crippen LogP contribution in [0.5, 0.6) is 11.5 Å². The minimum Gasteiger partial charge on any atom is -0.487 e. The Labute approximate surface area is 179 Å². The third kappa shape index (κ3) is 5.25. The van der Waals surface area contributed by atoms with Crippen molar-refractivity contribution in [1.82, 2.24) is 9.97 Å². The first kappa shape index (κ1) is 22.0. The molecule has 3 aromatic rings. The van der Waals surface area contributed by atoms with Crippen LogP contribution in [0.3, 0.4) is 0 Å². The van der Waals surface area contributed by atoms with Crippen molar-refractivity contribution in [2.45, 2.75) is 0 Å². The van der Waals surface area contributed by atoms with Gasteiger partial charge in [0.15, 0.2) is 17.3 Å². The van der Waals surface area contributed by atoms with E-state index in [0.29, 0.717) is 60.1 Å². The number of methoxy groups -OCH3 is 2. The second-order valence-corrected chi connectivity index (χ2v) is 6.28. The minimum absolute atomic E-state index is 0.286. The number of nitrogens with zero attached hydrogens (tertiary/aromatic N) is 4. The van der Waals surface area contributed by atoms with Crippen LogP contribution >= 0.6 is 0 Å². The summed E-state index contributed by atoms with van der Waals surface area (Å²) in [5.41, 5.74) is 1.65. The van der Waals surface area contributed by atoms with Crippen LogP contribution in [0.25, 0.3) is 10.9 Å². The summed E-state index contributed by atoms with van der Waals surface area (Å²) >= 11 is 0. The first-order chi connectivity index (χ1) is 15.2. The number of anilines is 2. The molecule has 0 unspecified atom stereocenters. The molecule has 0 bridgehead atoms. The molecular formula is C22H22N4O5. The van der Waals surface area contributed by atoms with Gasteiger partial charge in [0.25, 0.3) is 0 Å². The molecule has 0 amide bonds. The van der Waals surface area contributed by atoms with Crippen molar-refractivity contribution in [1.29, 1.82) is 0 Å². The van der Waals surface area contributed by atoms with Gasteiger partial charge < -0.3 is 18.9 Å². The van der Waals surface area contributed by atoms with Crippen LogP contribution in [0, 0.1) is 17.3 Å². The summed E-state index contributed by atoms with van der Waals surface area (Å²) in [6.45, 7) is 1.46. The van der Waals surface area contributed by atoms with Gasteiger partial charge in [-0.15, -0.1) is 11.3 Å². The maximum Gasteiger partial charge on any atom is 0.168 e. The molecule has 31 heavy (non-hydrogen) atoms. The van der Waals surface area contributed by atoms with Crippen molar-refractivity contribution in [2.24, 2.45) is 5.29 Å². The largest absolute Gasteiger partial charge is 0.487 e. The Kier molecular flexibility index (Phi) is 7.70. The molecule has 9 heteroatoms. The molecule has 0 saturated heterocycles. The fraction of sp³-hybridized carbons (Fsp3) is 0.273. The zero-order valence-corrected chi connectivity index (χ0v) is 17.3. The lowest BCUT2D eigenvalue weighted by Crippen LogP contribution is -2.12. The number of rotatable bonds is 11. The Bertz CT molecular complexity index is 1080. The molecular weight excluding hydrogens is 400 g/mol. The third-order valence-corrected chi connectivity index (χ3v) is 4.31. The van der Waals surface area contributed by atoms with E-state index < -0.39 is 0 Å². The van der Waals surface area contributed by atoms with E-state index in [1.165, 1.54) is 6.33 Å². The average molecular weight is 422 g/mol. The molecule has 160 valence electrons. The van der Waals surface area contributed by atoms with Crippen LogP contribution in [0.4, 0.5) is 11.5 Å². The zero-order chi connectivity index (χ0) is 22.1. The SMILES string of the molecule is C#Cc1cccc(N(N=O)c2ncnc3cc(OCCOC)c(OCCOC)cc23)c1. The van der Waals surface area contributed by atoms with Crippen molar-refractivity contribution in [3.8, 4) is 23.8 Å². The fourth-order valence-electron chi connectivity index (χ4n) is 2.85. The number of terminal acetylenes is 1. The maximum absolute atomic E-state index is 11.8. The molecule has 9 nitrogen and oxygen atoms in total. The van der Waals surface area contributed by atoms with Gasteiger partial charge in [-0.25, -0.2) is 9.97 Å². The van der Waals surface area contributed by atoms with Gasteiger partial charge in [0.1, 0.15) is 19.5 Å². The van der Waals surface area contributed by atoms with Crippen LogP contribution in [-0.2, 0) is 9.47 Å². The molecule has 0 aliphatic rings. The van der Waals surface area contributed by atoms with Gasteiger partial charge in [0.2, 0.25) is 0 Å². The van der Waals surface area contributed by atoms with E-state index in [2.05, 4.69) is 21.2 Å². The minimum atomic E-state index is 0.286. The summed E-state index contributed by atoms with van der Waals surface area (Å²) in [7, 11) is 3.18. The van der Waals surface area contributed by atoms with Crippen LogP contribution in [-0.4, -0.2) is 50.6 Å². The summed E-state index contributed by atoms with van der Waals surface area (Å²) in [6.07, 6.45) is 6.83. The van der Waals surface area contributed by atoms with Crippen molar-refractivity contribution in [3.05, 3.63) is 53.2 Å².